The normalized spacial score (nSPS) is 10.2. The molecule has 0 aliphatic carbocycles. The number of anilines is 1. The Balaban J connectivity index is 2.15. The van der Waals surface area contributed by atoms with Gasteiger partial charge in [-0.25, -0.2) is 0 Å². The van der Waals surface area contributed by atoms with Crippen molar-refractivity contribution >= 4 is 23.2 Å². The van der Waals surface area contributed by atoms with Crippen LogP contribution in [0.5, 0.6) is 0 Å². The number of hydrogen-bond donors (Lipinski definition) is 1. The second kappa shape index (κ2) is 5.71. The van der Waals surface area contributed by atoms with Crippen molar-refractivity contribution in [1.82, 2.24) is 9.88 Å². The van der Waals surface area contributed by atoms with Crippen molar-refractivity contribution in [2.45, 2.75) is 6.54 Å². The first-order valence-electron chi connectivity index (χ1n) is 5.77. The van der Waals surface area contributed by atoms with Crippen molar-refractivity contribution in [1.29, 1.82) is 0 Å². The van der Waals surface area contributed by atoms with Gasteiger partial charge in [0, 0.05) is 36.7 Å². The lowest BCUT2D eigenvalue weighted by molar-refractivity contribution is 0.0785. The van der Waals surface area contributed by atoms with Gasteiger partial charge in [-0.3, -0.25) is 9.78 Å². The number of carbonyl (C=O) groups excluding carboxylic acids is 1. The molecule has 1 heterocycles. The molecular formula is C14H14ClN3O. The Kier molecular flexibility index (Phi) is 4.02. The zero-order valence-corrected chi connectivity index (χ0v) is 11.3. The van der Waals surface area contributed by atoms with Gasteiger partial charge >= 0.3 is 0 Å². The summed E-state index contributed by atoms with van der Waals surface area (Å²) < 4.78 is 0. The minimum atomic E-state index is -0.105. The van der Waals surface area contributed by atoms with Gasteiger partial charge in [0.05, 0.1) is 5.56 Å². The van der Waals surface area contributed by atoms with Crippen molar-refractivity contribution in [2.75, 3.05) is 12.8 Å². The van der Waals surface area contributed by atoms with Gasteiger partial charge in [0.2, 0.25) is 0 Å². The molecule has 2 rings (SSSR count). The minimum Gasteiger partial charge on any atom is -0.399 e. The second-order valence-electron chi connectivity index (χ2n) is 4.25. The summed E-state index contributed by atoms with van der Waals surface area (Å²) in [6.07, 6.45) is 3.17. The maximum absolute atomic E-state index is 12.2. The van der Waals surface area contributed by atoms with Gasteiger partial charge in [-0.1, -0.05) is 11.6 Å². The predicted molar refractivity (Wildman–Crippen MR) is 75.9 cm³/mol. The number of amides is 1. The molecule has 0 bridgehead atoms. The molecule has 0 aliphatic heterocycles. The summed E-state index contributed by atoms with van der Waals surface area (Å²) >= 11 is 6.09. The van der Waals surface area contributed by atoms with Crippen molar-refractivity contribution in [2.24, 2.45) is 0 Å². The highest BCUT2D eigenvalue weighted by molar-refractivity contribution is 6.31. The number of hydrogen-bond acceptors (Lipinski definition) is 3. The fourth-order valence-corrected chi connectivity index (χ4v) is 1.93. The number of pyridine rings is 1. The molecule has 1 amide bonds. The van der Waals surface area contributed by atoms with Crippen molar-refractivity contribution < 1.29 is 4.79 Å². The van der Waals surface area contributed by atoms with Gasteiger partial charge in [-0.15, -0.1) is 0 Å². The van der Waals surface area contributed by atoms with Crippen LogP contribution in [0, 0.1) is 0 Å². The van der Waals surface area contributed by atoms with Crippen LogP contribution in [0.2, 0.25) is 5.02 Å². The molecule has 98 valence electrons. The van der Waals surface area contributed by atoms with Crippen LogP contribution < -0.4 is 5.73 Å². The summed E-state index contributed by atoms with van der Waals surface area (Å²) in [6, 6.07) is 8.69. The molecule has 0 saturated heterocycles. The van der Waals surface area contributed by atoms with E-state index in [2.05, 4.69) is 4.98 Å². The monoisotopic (exact) mass is 275 g/mol. The smallest absolute Gasteiger partial charge is 0.255 e. The lowest BCUT2D eigenvalue weighted by Gasteiger charge is -2.18. The lowest BCUT2D eigenvalue weighted by atomic mass is 10.1. The van der Waals surface area contributed by atoms with Crippen LogP contribution in [0.3, 0.4) is 0 Å². The van der Waals surface area contributed by atoms with E-state index >= 15 is 0 Å². The Morgan fingerprint density at radius 1 is 1.42 bits per heavy atom. The molecule has 0 saturated carbocycles. The van der Waals surface area contributed by atoms with Crippen molar-refractivity contribution in [3.8, 4) is 0 Å². The molecule has 0 atom stereocenters. The average molecular weight is 276 g/mol. The topological polar surface area (TPSA) is 59.2 Å². The molecule has 0 radical (unpaired) electrons. The van der Waals surface area contributed by atoms with E-state index in [0.29, 0.717) is 22.8 Å². The first kappa shape index (κ1) is 13.4. The summed E-state index contributed by atoms with van der Waals surface area (Å²) in [7, 11) is 1.72. The number of rotatable bonds is 3. The summed E-state index contributed by atoms with van der Waals surface area (Å²) in [5, 5.41) is 0.597. The van der Waals surface area contributed by atoms with E-state index in [9.17, 15) is 4.79 Å². The van der Waals surface area contributed by atoms with Crippen LogP contribution >= 0.6 is 11.6 Å². The number of carbonyl (C=O) groups is 1. The fourth-order valence-electron chi connectivity index (χ4n) is 1.75. The average Bonchev–Trinajstić information content (AvgIpc) is 2.43. The largest absolute Gasteiger partial charge is 0.399 e. The standard InChI is InChI=1S/C14H14ClN3O/c1-18(14(19)10-3-2-6-17-8-10)9-11-7-12(16)4-5-13(11)15/h2-8H,9,16H2,1H3. The Hall–Kier alpha value is -2.07. The van der Waals surface area contributed by atoms with Crippen LogP contribution in [0.1, 0.15) is 15.9 Å². The van der Waals surface area contributed by atoms with E-state index in [1.807, 2.05) is 0 Å². The zero-order chi connectivity index (χ0) is 13.8. The van der Waals surface area contributed by atoms with Crippen LogP contribution in [0.25, 0.3) is 0 Å². The number of nitrogens with two attached hydrogens (primary N) is 1. The maximum Gasteiger partial charge on any atom is 0.255 e. The fraction of sp³-hybridized carbons (Fsp3) is 0.143. The van der Waals surface area contributed by atoms with Crippen molar-refractivity contribution in [3.05, 3.63) is 58.9 Å². The van der Waals surface area contributed by atoms with Crippen LogP contribution in [0.4, 0.5) is 5.69 Å². The van der Waals surface area contributed by atoms with E-state index in [4.69, 9.17) is 17.3 Å². The van der Waals surface area contributed by atoms with Gasteiger partial charge in [0.25, 0.3) is 5.91 Å². The van der Waals surface area contributed by atoms with Gasteiger partial charge < -0.3 is 10.6 Å². The van der Waals surface area contributed by atoms with Gasteiger partial charge in [-0.2, -0.15) is 0 Å². The Morgan fingerprint density at radius 3 is 2.89 bits per heavy atom. The molecule has 5 heteroatoms. The number of benzene rings is 1. The highest BCUT2D eigenvalue weighted by Crippen LogP contribution is 2.20. The molecule has 2 N–H and O–H groups in total. The Bertz CT molecular complexity index is 586. The summed E-state index contributed by atoms with van der Waals surface area (Å²) in [6.45, 7) is 0.400. The third-order valence-electron chi connectivity index (χ3n) is 2.73. The summed E-state index contributed by atoms with van der Waals surface area (Å²) in [4.78, 5) is 17.7. The van der Waals surface area contributed by atoms with Crippen LogP contribution in [-0.4, -0.2) is 22.8 Å². The maximum atomic E-state index is 12.2. The van der Waals surface area contributed by atoms with E-state index in [0.717, 1.165) is 5.56 Å². The molecule has 0 unspecified atom stereocenters. The van der Waals surface area contributed by atoms with E-state index < -0.39 is 0 Å². The van der Waals surface area contributed by atoms with Crippen molar-refractivity contribution in [3.63, 3.8) is 0 Å². The highest BCUT2D eigenvalue weighted by Gasteiger charge is 2.13. The van der Waals surface area contributed by atoms with E-state index in [1.54, 1.807) is 54.7 Å². The molecule has 1 aromatic heterocycles. The lowest BCUT2D eigenvalue weighted by Crippen LogP contribution is -2.26. The Morgan fingerprint density at radius 2 is 2.21 bits per heavy atom. The molecule has 0 spiro atoms. The van der Waals surface area contributed by atoms with E-state index in [-0.39, 0.29) is 5.91 Å². The third kappa shape index (κ3) is 3.23. The first-order chi connectivity index (χ1) is 9.08. The zero-order valence-electron chi connectivity index (χ0n) is 10.5. The van der Waals surface area contributed by atoms with Gasteiger partial charge in [0.1, 0.15) is 0 Å². The van der Waals surface area contributed by atoms with Gasteiger partial charge in [0.15, 0.2) is 0 Å². The summed E-state index contributed by atoms with van der Waals surface area (Å²) in [5.74, 6) is -0.105. The quantitative estimate of drug-likeness (QED) is 0.876. The summed E-state index contributed by atoms with van der Waals surface area (Å²) in [5.41, 5.74) is 7.71. The number of nitrogens with zero attached hydrogens (tertiary/aromatic N) is 2. The number of halogens is 1. The first-order valence-corrected chi connectivity index (χ1v) is 6.15. The van der Waals surface area contributed by atoms with Crippen LogP contribution in [-0.2, 0) is 6.54 Å². The highest BCUT2D eigenvalue weighted by atomic mass is 35.5. The molecule has 4 nitrogen and oxygen atoms in total. The molecule has 2 aromatic rings. The second-order valence-corrected chi connectivity index (χ2v) is 4.66. The van der Waals surface area contributed by atoms with Gasteiger partial charge in [-0.05, 0) is 35.9 Å². The molecular weight excluding hydrogens is 262 g/mol. The Labute approximate surface area is 116 Å². The number of aromatic nitrogens is 1. The molecule has 0 aliphatic rings. The molecule has 1 aromatic carbocycles. The SMILES string of the molecule is CN(Cc1cc(N)ccc1Cl)C(=O)c1cccnc1. The predicted octanol–water partition coefficient (Wildman–Crippen LogP) is 2.59. The van der Waals surface area contributed by atoms with E-state index in [1.165, 1.54) is 0 Å². The molecule has 19 heavy (non-hydrogen) atoms. The minimum absolute atomic E-state index is 0.105. The molecule has 0 fully saturated rings. The third-order valence-corrected chi connectivity index (χ3v) is 3.10. The van der Waals surface area contributed by atoms with Crippen LogP contribution in [0.15, 0.2) is 42.7 Å². The number of nitrogen functional groups attached to an aromatic ring is 1.